The second kappa shape index (κ2) is 10.4. The summed E-state index contributed by atoms with van der Waals surface area (Å²) >= 11 is 0. The molecular formula is C24H28N4O5. The molecule has 3 heterocycles. The summed E-state index contributed by atoms with van der Waals surface area (Å²) in [6, 6.07) is 13.4. The highest BCUT2D eigenvalue weighted by molar-refractivity contribution is 5.68. The normalized spacial score (nSPS) is 13.2. The number of aliphatic carboxylic acids is 1. The minimum absolute atomic E-state index is 0.000727. The van der Waals surface area contributed by atoms with Crippen molar-refractivity contribution in [3.05, 3.63) is 65.1 Å². The van der Waals surface area contributed by atoms with Gasteiger partial charge in [0.2, 0.25) is 6.79 Å². The number of ether oxygens (including phenoxy) is 3. The summed E-state index contributed by atoms with van der Waals surface area (Å²) in [7, 11) is 3.71. The number of carboxylic acids is 1. The Labute approximate surface area is 192 Å². The van der Waals surface area contributed by atoms with E-state index in [0.29, 0.717) is 37.6 Å². The lowest BCUT2D eigenvalue weighted by Gasteiger charge is -2.14. The van der Waals surface area contributed by atoms with Crippen LogP contribution in [0.3, 0.4) is 0 Å². The van der Waals surface area contributed by atoms with Crippen molar-refractivity contribution < 1.29 is 24.1 Å². The predicted molar refractivity (Wildman–Crippen MR) is 122 cm³/mol. The highest BCUT2D eigenvalue weighted by Gasteiger charge is 2.22. The summed E-state index contributed by atoms with van der Waals surface area (Å²) < 4.78 is 18.5. The monoisotopic (exact) mass is 452 g/mol. The van der Waals surface area contributed by atoms with Gasteiger partial charge in [-0.25, -0.2) is 4.98 Å². The Morgan fingerprint density at radius 3 is 2.88 bits per heavy atom. The molecule has 0 aliphatic carbocycles. The van der Waals surface area contributed by atoms with Gasteiger partial charge in [-0.3, -0.25) is 9.48 Å². The molecule has 0 saturated carbocycles. The first-order chi connectivity index (χ1) is 16.0. The Hall–Kier alpha value is -3.59. The standard InChI is InChI=1S/C24H28N4O5/c1-25-23-5-3-4-18(26-23)8-9-31-14-20-13-19(27-28(20)2)10-17(12-24(29)30)16-6-7-21-22(11-16)33-15-32-21/h3-7,11,13,17H,8-10,12,14-15H2,1-2H3,(H,25,26)(H,29,30). The average Bonchev–Trinajstić information content (AvgIpc) is 3.41. The zero-order valence-corrected chi connectivity index (χ0v) is 18.8. The van der Waals surface area contributed by atoms with Crippen LogP contribution in [-0.2, 0) is 36.0 Å². The Bertz CT molecular complexity index is 1110. The number of anilines is 1. The lowest BCUT2D eigenvalue weighted by molar-refractivity contribution is -0.137. The third-order valence-corrected chi connectivity index (χ3v) is 5.59. The molecule has 3 aromatic rings. The zero-order chi connectivity index (χ0) is 23.2. The van der Waals surface area contributed by atoms with Crippen molar-refractivity contribution in [3.63, 3.8) is 0 Å². The Morgan fingerprint density at radius 2 is 2.06 bits per heavy atom. The molecule has 0 saturated heterocycles. The third kappa shape index (κ3) is 5.81. The average molecular weight is 453 g/mol. The zero-order valence-electron chi connectivity index (χ0n) is 18.8. The molecule has 0 spiro atoms. The van der Waals surface area contributed by atoms with E-state index in [0.717, 1.165) is 28.5 Å². The second-order valence-corrected chi connectivity index (χ2v) is 7.93. The van der Waals surface area contributed by atoms with Crippen LogP contribution in [0.5, 0.6) is 11.5 Å². The minimum atomic E-state index is -0.854. The van der Waals surface area contributed by atoms with E-state index in [9.17, 15) is 9.90 Å². The number of carbonyl (C=O) groups is 1. The van der Waals surface area contributed by atoms with Crippen molar-refractivity contribution in [3.8, 4) is 11.5 Å². The van der Waals surface area contributed by atoms with Gasteiger partial charge < -0.3 is 24.6 Å². The minimum Gasteiger partial charge on any atom is -0.481 e. The van der Waals surface area contributed by atoms with Crippen molar-refractivity contribution >= 4 is 11.8 Å². The van der Waals surface area contributed by atoms with Gasteiger partial charge in [-0.05, 0) is 42.3 Å². The molecule has 4 rings (SSSR count). The van der Waals surface area contributed by atoms with E-state index in [1.54, 1.807) is 4.68 Å². The highest BCUT2D eigenvalue weighted by atomic mass is 16.7. The molecule has 2 aromatic heterocycles. The van der Waals surface area contributed by atoms with Gasteiger partial charge in [0.1, 0.15) is 5.82 Å². The predicted octanol–water partition coefficient (Wildman–Crippen LogP) is 3.15. The summed E-state index contributed by atoms with van der Waals surface area (Å²) in [5.41, 5.74) is 3.61. The molecular weight excluding hydrogens is 424 g/mol. The summed E-state index contributed by atoms with van der Waals surface area (Å²) in [5.74, 6) is 1.08. The van der Waals surface area contributed by atoms with Gasteiger partial charge in [0.15, 0.2) is 11.5 Å². The molecule has 1 atom stereocenters. The van der Waals surface area contributed by atoms with Crippen LogP contribution in [0.4, 0.5) is 5.82 Å². The number of nitrogens with zero attached hydrogens (tertiary/aromatic N) is 3. The van der Waals surface area contributed by atoms with Gasteiger partial charge >= 0.3 is 5.97 Å². The van der Waals surface area contributed by atoms with E-state index in [1.807, 2.05) is 56.6 Å². The molecule has 0 bridgehead atoms. The van der Waals surface area contributed by atoms with Crippen LogP contribution in [0.15, 0.2) is 42.5 Å². The largest absolute Gasteiger partial charge is 0.481 e. The van der Waals surface area contributed by atoms with Crippen molar-refractivity contribution in [2.45, 2.75) is 31.8 Å². The quantitative estimate of drug-likeness (QED) is 0.427. The van der Waals surface area contributed by atoms with E-state index in [1.165, 1.54) is 0 Å². The van der Waals surface area contributed by atoms with Crippen LogP contribution in [0.1, 0.15) is 35.0 Å². The van der Waals surface area contributed by atoms with Crippen LogP contribution in [-0.4, -0.2) is 46.3 Å². The van der Waals surface area contributed by atoms with Gasteiger partial charge in [0, 0.05) is 32.1 Å². The van der Waals surface area contributed by atoms with E-state index < -0.39 is 5.97 Å². The summed E-state index contributed by atoms with van der Waals surface area (Å²) in [6.07, 6.45) is 1.21. The number of rotatable bonds is 11. The Morgan fingerprint density at radius 1 is 1.21 bits per heavy atom. The fourth-order valence-corrected chi connectivity index (χ4v) is 3.86. The Kier molecular flexibility index (Phi) is 7.09. The SMILES string of the molecule is CNc1cccc(CCOCc2cc(CC(CC(=O)O)c3ccc4c(c3)OCO4)nn2C)n1. The molecule has 1 unspecified atom stereocenters. The van der Waals surface area contributed by atoms with Crippen molar-refractivity contribution in [1.29, 1.82) is 0 Å². The third-order valence-electron chi connectivity index (χ3n) is 5.59. The number of benzene rings is 1. The van der Waals surface area contributed by atoms with Gasteiger partial charge in [-0.2, -0.15) is 5.10 Å². The maximum Gasteiger partial charge on any atom is 0.303 e. The highest BCUT2D eigenvalue weighted by Crippen LogP contribution is 2.36. The number of fused-ring (bicyclic) bond motifs is 1. The van der Waals surface area contributed by atoms with Crippen LogP contribution in [0.25, 0.3) is 0 Å². The first kappa shape index (κ1) is 22.6. The van der Waals surface area contributed by atoms with Crippen molar-refractivity contribution in [2.75, 3.05) is 25.8 Å². The molecule has 1 aromatic carbocycles. The number of pyridine rings is 1. The summed E-state index contributed by atoms with van der Waals surface area (Å²) in [6.45, 7) is 1.14. The molecule has 1 aliphatic rings. The van der Waals surface area contributed by atoms with E-state index >= 15 is 0 Å². The molecule has 0 amide bonds. The molecule has 2 N–H and O–H groups in total. The van der Waals surface area contributed by atoms with E-state index in [2.05, 4.69) is 15.4 Å². The molecule has 0 radical (unpaired) electrons. The van der Waals surface area contributed by atoms with Crippen LogP contribution >= 0.6 is 0 Å². The van der Waals surface area contributed by atoms with Crippen molar-refractivity contribution in [2.24, 2.45) is 7.05 Å². The lowest BCUT2D eigenvalue weighted by Crippen LogP contribution is -2.10. The second-order valence-electron chi connectivity index (χ2n) is 7.93. The smallest absolute Gasteiger partial charge is 0.303 e. The van der Waals surface area contributed by atoms with Gasteiger partial charge in [-0.15, -0.1) is 0 Å². The molecule has 1 aliphatic heterocycles. The fraction of sp³-hybridized carbons (Fsp3) is 0.375. The number of hydrogen-bond acceptors (Lipinski definition) is 7. The number of carboxylic acid groups (broad SMARTS) is 1. The molecule has 9 nitrogen and oxygen atoms in total. The van der Waals surface area contributed by atoms with E-state index in [-0.39, 0.29) is 19.1 Å². The maximum atomic E-state index is 11.5. The van der Waals surface area contributed by atoms with Crippen LogP contribution in [0, 0.1) is 0 Å². The number of aromatic nitrogens is 3. The molecule has 0 fully saturated rings. The lowest BCUT2D eigenvalue weighted by atomic mass is 9.91. The van der Waals surface area contributed by atoms with Gasteiger partial charge in [-0.1, -0.05) is 12.1 Å². The van der Waals surface area contributed by atoms with Gasteiger partial charge in [0.25, 0.3) is 0 Å². The van der Waals surface area contributed by atoms with Gasteiger partial charge in [0.05, 0.1) is 31.0 Å². The number of hydrogen-bond donors (Lipinski definition) is 2. The number of aryl methyl sites for hydroxylation is 1. The Balaban J connectivity index is 1.37. The first-order valence-electron chi connectivity index (χ1n) is 10.9. The fourth-order valence-electron chi connectivity index (χ4n) is 3.86. The topological polar surface area (TPSA) is 108 Å². The number of nitrogens with one attached hydrogen (secondary N) is 1. The van der Waals surface area contributed by atoms with Crippen LogP contribution < -0.4 is 14.8 Å². The van der Waals surface area contributed by atoms with Crippen molar-refractivity contribution in [1.82, 2.24) is 14.8 Å². The van der Waals surface area contributed by atoms with Crippen LogP contribution in [0.2, 0.25) is 0 Å². The summed E-state index contributed by atoms with van der Waals surface area (Å²) in [4.78, 5) is 16.0. The summed E-state index contributed by atoms with van der Waals surface area (Å²) in [5, 5.41) is 17.1. The molecule has 33 heavy (non-hydrogen) atoms. The maximum absolute atomic E-state index is 11.5. The van der Waals surface area contributed by atoms with E-state index in [4.69, 9.17) is 14.2 Å². The molecule has 174 valence electrons. The first-order valence-corrected chi connectivity index (χ1v) is 10.9. The molecule has 9 heteroatoms.